The van der Waals surface area contributed by atoms with Crippen molar-refractivity contribution in [1.29, 1.82) is 0 Å². The summed E-state index contributed by atoms with van der Waals surface area (Å²) >= 11 is 2.25. The topological polar surface area (TPSA) is 59.8 Å². The van der Waals surface area contributed by atoms with Gasteiger partial charge in [0.25, 0.3) is 5.91 Å². The highest BCUT2D eigenvalue weighted by Crippen LogP contribution is 2.20. The van der Waals surface area contributed by atoms with Crippen LogP contribution < -0.4 is 5.32 Å². The second kappa shape index (κ2) is 6.27. The predicted molar refractivity (Wildman–Crippen MR) is 99.8 cm³/mol. The van der Waals surface area contributed by atoms with Crippen LogP contribution in [0, 0.1) is 10.5 Å². The summed E-state index contributed by atoms with van der Waals surface area (Å²) in [6.07, 6.45) is 3.34. The maximum Gasteiger partial charge on any atom is 0.257 e. The summed E-state index contributed by atoms with van der Waals surface area (Å²) in [5, 5.41) is 8.13. The summed E-state index contributed by atoms with van der Waals surface area (Å²) < 4.78 is 2.99. The van der Waals surface area contributed by atoms with Gasteiger partial charge in [-0.25, -0.2) is 9.67 Å². The Morgan fingerprint density at radius 1 is 1.26 bits per heavy atom. The molecule has 0 unspecified atom stereocenters. The number of nitrogens with one attached hydrogen (secondary N) is 1. The number of amides is 1. The van der Waals surface area contributed by atoms with E-state index >= 15 is 0 Å². The first-order chi connectivity index (χ1) is 11.0. The highest BCUT2D eigenvalue weighted by molar-refractivity contribution is 14.1. The van der Waals surface area contributed by atoms with Gasteiger partial charge < -0.3 is 5.32 Å². The van der Waals surface area contributed by atoms with Crippen molar-refractivity contribution in [3.63, 3.8) is 0 Å². The van der Waals surface area contributed by atoms with Gasteiger partial charge in [0.05, 0.1) is 11.8 Å². The molecule has 0 saturated carbocycles. The number of halogens is 1. The van der Waals surface area contributed by atoms with Crippen LogP contribution in [0.15, 0.2) is 36.7 Å². The molecule has 3 aromatic rings. The number of fused-ring (bicyclic) bond motifs is 1. The monoisotopic (exact) mass is 420 g/mol. The summed E-state index contributed by atoms with van der Waals surface area (Å²) in [5.41, 5.74) is 3.17. The Bertz CT molecular complexity index is 885. The number of hydrogen-bond acceptors (Lipinski definition) is 3. The molecule has 0 spiro atoms. The van der Waals surface area contributed by atoms with Crippen LogP contribution in [0.1, 0.15) is 35.8 Å². The molecule has 2 heterocycles. The zero-order valence-electron chi connectivity index (χ0n) is 13.2. The lowest BCUT2D eigenvalue weighted by Gasteiger charge is -2.09. The second-order valence-electron chi connectivity index (χ2n) is 5.73. The molecule has 0 fully saturated rings. The average molecular weight is 420 g/mol. The van der Waals surface area contributed by atoms with Gasteiger partial charge in [-0.05, 0) is 73.2 Å². The molecule has 6 heteroatoms. The lowest BCUT2D eigenvalue weighted by atomic mass is 10.2. The molecule has 0 atom stereocenters. The van der Waals surface area contributed by atoms with E-state index in [-0.39, 0.29) is 11.9 Å². The summed E-state index contributed by atoms with van der Waals surface area (Å²) in [7, 11) is 0. The third-order valence-corrected chi connectivity index (χ3v) is 4.29. The molecular weight excluding hydrogens is 403 g/mol. The number of anilines is 1. The Morgan fingerprint density at radius 3 is 2.74 bits per heavy atom. The number of benzene rings is 1. The lowest BCUT2D eigenvalue weighted by Crippen LogP contribution is -2.13. The smallest absolute Gasteiger partial charge is 0.257 e. The van der Waals surface area contributed by atoms with Gasteiger partial charge in [0.1, 0.15) is 0 Å². The fourth-order valence-electron chi connectivity index (χ4n) is 2.40. The van der Waals surface area contributed by atoms with E-state index < -0.39 is 0 Å². The van der Waals surface area contributed by atoms with Gasteiger partial charge in [0.15, 0.2) is 5.65 Å². The third kappa shape index (κ3) is 3.21. The molecule has 1 aromatic carbocycles. The molecule has 0 aliphatic rings. The molecule has 5 nitrogen and oxygen atoms in total. The van der Waals surface area contributed by atoms with Gasteiger partial charge in [0, 0.05) is 26.9 Å². The molecule has 118 valence electrons. The first-order valence-corrected chi connectivity index (χ1v) is 8.44. The van der Waals surface area contributed by atoms with E-state index in [1.54, 1.807) is 12.4 Å². The number of aryl methyl sites for hydroxylation is 1. The minimum atomic E-state index is -0.166. The van der Waals surface area contributed by atoms with Gasteiger partial charge >= 0.3 is 0 Å². The van der Waals surface area contributed by atoms with Gasteiger partial charge in [0.2, 0.25) is 0 Å². The molecule has 0 aliphatic heterocycles. The first kappa shape index (κ1) is 15.9. The molecule has 2 aromatic heterocycles. The Labute approximate surface area is 148 Å². The van der Waals surface area contributed by atoms with Crippen molar-refractivity contribution < 1.29 is 4.79 Å². The fraction of sp³-hybridized carbons (Fsp3) is 0.235. The Balaban J connectivity index is 1.89. The maximum atomic E-state index is 12.5. The van der Waals surface area contributed by atoms with E-state index in [4.69, 9.17) is 0 Å². The molecule has 0 saturated heterocycles. The van der Waals surface area contributed by atoms with Crippen LogP contribution in [0.5, 0.6) is 0 Å². The zero-order chi connectivity index (χ0) is 16.6. The molecular formula is C17H17IN4O. The average Bonchev–Trinajstić information content (AvgIpc) is 2.93. The molecule has 1 N–H and O–H groups in total. The number of hydrogen-bond donors (Lipinski definition) is 1. The van der Waals surface area contributed by atoms with Crippen LogP contribution in [-0.4, -0.2) is 20.7 Å². The van der Waals surface area contributed by atoms with Gasteiger partial charge in [-0.15, -0.1) is 0 Å². The van der Waals surface area contributed by atoms with Crippen LogP contribution in [0.25, 0.3) is 11.0 Å². The predicted octanol–water partition coefficient (Wildman–Crippen LogP) is 4.18. The summed E-state index contributed by atoms with van der Waals surface area (Å²) in [6.45, 7) is 6.08. The SMILES string of the molecule is Cc1cc(I)ccc1NC(=O)c1cnc2c(cnn2C(C)C)c1. The summed E-state index contributed by atoms with van der Waals surface area (Å²) in [5.74, 6) is -0.166. The number of carbonyl (C=O) groups excluding carboxylic acids is 1. The highest BCUT2D eigenvalue weighted by atomic mass is 127. The van der Waals surface area contributed by atoms with Crippen LogP contribution in [0.4, 0.5) is 5.69 Å². The molecule has 0 bridgehead atoms. The van der Waals surface area contributed by atoms with E-state index in [0.717, 1.165) is 25.9 Å². The molecule has 1 amide bonds. The third-order valence-electron chi connectivity index (χ3n) is 3.62. The van der Waals surface area contributed by atoms with Crippen LogP contribution in [0.3, 0.4) is 0 Å². The van der Waals surface area contributed by atoms with Gasteiger partial charge in [-0.3, -0.25) is 4.79 Å². The minimum Gasteiger partial charge on any atom is -0.322 e. The molecule has 0 aliphatic carbocycles. The van der Waals surface area contributed by atoms with Crippen LogP contribution in [-0.2, 0) is 0 Å². The van der Waals surface area contributed by atoms with Crippen LogP contribution in [0.2, 0.25) is 0 Å². The standard InChI is InChI=1S/C17H17IN4O/c1-10(2)22-16-12(9-20-22)7-13(8-19-16)17(23)21-15-5-4-14(18)6-11(15)3/h4-10H,1-3H3,(H,21,23). The first-order valence-electron chi connectivity index (χ1n) is 7.36. The van der Waals surface area contributed by atoms with Crippen molar-refractivity contribution in [3.8, 4) is 0 Å². The summed E-state index contributed by atoms with van der Waals surface area (Å²) in [4.78, 5) is 16.9. The largest absolute Gasteiger partial charge is 0.322 e. The minimum absolute atomic E-state index is 0.166. The Kier molecular flexibility index (Phi) is 4.34. The van der Waals surface area contributed by atoms with Crippen molar-refractivity contribution in [1.82, 2.24) is 14.8 Å². The molecule has 23 heavy (non-hydrogen) atoms. The van der Waals surface area contributed by atoms with E-state index in [1.807, 2.05) is 49.7 Å². The van der Waals surface area contributed by atoms with Crippen molar-refractivity contribution in [2.24, 2.45) is 0 Å². The van der Waals surface area contributed by atoms with E-state index in [9.17, 15) is 4.79 Å². The second-order valence-corrected chi connectivity index (χ2v) is 6.98. The van der Waals surface area contributed by atoms with E-state index in [2.05, 4.69) is 38.0 Å². The van der Waals surface area contributed by atoms with Crippen molar-refractivity contribution >= 4 is 45.2 Å². The lowest BCUT2D eigenvalue weighted by molar-refractivity contribution is 0.102. The number of nitrogens with zero attached hydrogens (tertiary/aromatic N) is 3. The summed E-state index contributed by atoms with van der Waals surface area (Å²) in [6, 6.07) is 7.97. The number of pyridine rings is 1. The van der Waals surface area contributed by atoms with Crippen molar-refractivity contribution in [2.45, 2.75) is 26.8 Å². The number of rotatable bonds is 3. The van der Waals surface area contributed by atoms with Gasteiger partial charge in [-0.1, -0.05) is 0 Å². The quantitative estimate of drug-likeness (QED) is 0.647. The molecule has 0 radical (unpaired) electrons. The Hall–Kier alpha value is -1.96. The van der Waals surface area contributed by atoms with E-state index in [0.29, 0.717) is 5.56 Å². The maximum absolute atomic E-state index is 12.5. The van der Waals surface area contributed by atoms with Gasteiger partial charge in [-0.2, -0.15) is 5.10 Å². The number of aromatic nitrogens is 3. The number of carbonyl (C=O) groups is 1. The normalized spacial score (nSPS) is 11.2. The van der Waals surface area contributed by atoms with Crippen LogP contribution >= 0.6 is 22.6 Å². The van der Waals surface area contributed by atoms with Crippen molar-refractivity contribution in [3.05, 3.63) is 51.4 Å². The Morgan fingerprint density at radius 2 is 2.04 bits per heavy atom. The molecule has 3 rings (SSSR count). The zero-order valence-corrected chi connectivity index (χ0v) is 15.3. The van der Waals surface area contributed by atoms with E-state index in [1.165, 1.54) is 0 Å². The van der Waals surface area contributed by atoms with Crippen molar-refractivity contribution in [2.75, 3.05) is 5.32 Å². The fourth-order valence-corrected chi connectivity index (χ4v) is 3.05. The highest BCUT2D eigenvalue weighted by Gasteiger charge is 2.12.